The lowest BCUT2D eigenvalue weighted by Crippen LogP contribution is -2.40. The molecule has 0 aliphatic heterocycles. The first-order valence-electron chi connectivity index (χ1n) is 8.34. The van der Waals surface area contributed by atoms with Crippen LogP contribution in [-0.2, 0) is 16.8 Å². The lowest BCUT2D eigenvalue weighted by Gasteiger charge is -2.18. The smallest absolute Gasteiger partial charge is 0.320 e. The van der Waals surface area contributed by atoms with Crippen molar-refractivity contribution in [3.63, 3.8) is 0 Å². The molecule has 0 spiro atoms. The third kappa shape index (κ3) is 4.48. The number of hydrogen-bond donors (Lipinski definition) is 2. The van der Waals surface area contributed by atoms with Crippen LogP contribution in [0, 0.1) is 5.92 Å². The summed E-state index contributed by atoms with van der Waals surface area (Å²) >= 11 is 0. The number of carboxylic acids is 1. The predicted molar refractivity (Wildman–Crippen MR) is 95.9 cm³/mol. The minimum absolute atomic E-state index is 0.0156. The van der Waals surface area contributed by atoms with Crippen LogP contribution in [0.5, 0.6) is 0 Å². The second-order valence-electron chi connectivity index (χ2n) is 7.53. The molecule has 1 heterocycles. The Morgan fingerprint density at radius 1 is 1.12 bits per heavy atom. The highest BCUT2D eigenvalue weighted by atomic mass is 16.4. The summed E-state index contributed by atoms with van der Waals surface area (Å²) in [6.45, 7) is 10.7. The van der Waals surface area contributed by atoms with E-state index in [1.165, 1.54) is 5.56 Å². The molecular formula is C20H27NO3. The van der Waals surface area contributed by atoms with E-state index in [0.717, 1.165) is 17.1 Å². The number of benzene rings is 1. The summed E-state index contributed by atoms with van der Waals surface area (Å²) in [5.41, 5.74) is 2.42. The maximum absolute atomic E-state index is 11.2. The summed E-state index contributed by atoms with van der Waals surface area (Å²) in [7, 11) is 0. The van der Waals surface area contributed by atoms with Gasteiger partial charge in [0.25, 0.3) is 0 Å². The molecular weight excluding hydrogens is 302 g/mol. The van der Waals surface area contributed by atoms with Gasteiger partial charge in [-0.05, 0) is 29.0 Å². The number of aliphatic carboxylic acids is 1. The molecule has 0 amide bonds. The molecule has 2 rings (SSSR count). The highest BCUT2D eigenvalue weighted by Crippen LogP contribution is 2.27. The van der Waals surface area contributed by atoms with E-state index in [4.69, 9.17) is 4.42 Å². The Labute approximate surface area is 143 Å². The van der Waals surface area contributed by atoms with Crippen LogP contribution in [-0.4, -0.2) is 17.1 Å². The number of furan rings is 1. The Kier molecular flexibility index (Phi) is 5.50. The van der Waals surface area contributed by atoms with Crippen LogP contribution in [0.3, 0.4) is 0 Å². The summed E-state index contributed by atoms with van der Waals surface area (Å²) in [6, 6.07) is 11.6. The Bertz CT molecular complexity index is 678. The van der Waals surface area contributed by atoms with Gasteiger partial charge < -0.3 is 9.52 Å². The van der Waals surface area contributed by atoms with E-state index < -0.39 is 12.0 Å². The van der Waals surface area contributed by atoms with Gasteiger partial charge >= 0.3 is 5.97 Å². The van der Waals surface area contributed by atoms with E-state index in [9.17, 15) is 9.90 Å². The third-order valence-corrected chi connectivity index (χ3v) is 4.13. The first-order chi connectivity index (χ1) is 11.2. The fraction of sp³-hybridized carbons (Fsp3) is 0.450. The van der Waals surface area contributed by atoms with Crippen molar-refractivity contribution in [1.29, 1.82) is 0 Å². The third-order valence-electron chi connectivity index (χ3n) is 4.13. The fourth-order valence-corrected chi connectivity index (χ4v) is 2.58. The molecule has 0 saturated heterocycles. The van der Waals surface area contributed by atoms with Crippen LogP contribution in [0.1, 0.15) is 45.9 Å². The number of hydrogen-bond acceptors (Lipinski definition) is 3. The van der Waals surface area contributed by atoms with Gasteiger partial charge in [0.1, 0.15) is 17.6 Å². The van der Waals surface area contributed by atoms with Crippen LogP contribution in [0.25, 0.3) is 11.3 Å². The summed E-state index contributed by atoms with van der Waals surface area (Å²) in [6.07, 6.45) is 0. The van der Waals surface area contributed by atoms with Gasteiger partial charge in [0, 0.05) is 5.56 Å². The predicted octanol–water partition coefficient (Wildman–Crippen LogP) is 4.44. The summed E-state index contributed by atoms with van der Waals surface area (Å²) < 4.78 is 5.85. The molecule has 2 aromatic rings. The standard InChI is InChI=1S/C20H27NO3/c1-13(2)18(19(22)23)21-12-16-10-11-17(24-16)14-6-8-15(9-7-14)20(3,4)5/h6-11,13,18,21H,12H2,1-5H3,(H,22,23)/t18-/m1/s1. The van der Waals surface area contributed by atoms with Crippen molar-refractivity contribution >= 4 is 5.97 Å². The van der Waals surface area contributed by atoms with Crippen molar-refractivity contribution in [1.82, 2.24) is 5.32 Å². The molecule has 0 saturated carbocycles. The monoisotopic (exact) mass is 329 g/mol. The topological polar surface area (TPSA) is 62.5 Å². The largest absolute Gasteiger partial charge is 0.480 e. The van der Waals surface area contributed by atoms with Gasteiger partial charge in [-0.15, -0.1) is 0 Å². The lowest BCUT2D eigenvalue weighted by molar-refractivity contribution is -0.140. The van der Waals surface area contributed by atoms with Crippen molar-refractivity contribution in [2.24, 2.45) is 5.92 Å². The molecule has 130 valence electrons. The lowest BCUT2D eigenvalue weighted by atomic mass is 9.86. The van der Waals surface area contributed by atoms with Crippen molar-refractivity contribution in [2.45, 2.75) is 52.6 Å². The normalized spacial score (nSPS) is 13.2. The van der Waals surface area contributed by atoms with Crippen LogP contribution in [0.2, 0.25) is 0 Å². The number of nitrogens with one attached hydrogen (secondary N) is 1. The van der Waals surface area contributed by atoms with Gasteiger partial charge in [-0.3, -0.25) is 10.1 Å². The van der Waals surface area contributed by atoms with Gasteiger partial charge in [0.15, 0.2) is 0 Å². The quantitative estimate of drug-likeness (QED) is 0.822. The second kappa shape index (κ2) is 7.22. The molecule has 0 radical (unpaired) electrons. The zero-order chi connectivity index (χ0) is 17.9. The molecule has 1 aromatic heterocycles. The number of carbonyl (C=O) groups is 1. The van der Waals surface area contributed by atoms with Crippen molar-refractivity contribution in [2.75, 3.05) is 0 Å². The molecule has 4 nitrogen and oxygen atoms in total. The molecule has 4 heteroatoms. The minimum atomic E-state index is -0.838. The van der Waals surface area contributed by atoms with E-state index in [2.05, 4.69) is 50.4 Å². The second-order valence-corrected chi connectivity index (χ2v) is 7.53. The van der Waals surface area contributed by atoms with Gasteiger partial charge in [0.2, 0.25) is 0 Å². The van der Waals surface area contributed by atoms with Crippen LogP contribution < -0.4 is 5.32 Å². The van der Waals surface area contributed by atoms with Crippen molar-refractivity contribution in [3.05, 3.63) is 47.7 Å². The van der Waals surface area contributed by atoms with E-state index in [0.29, 0.717) is 6.54 Å². The summed E-state index contributed by atoms with van der Waals surface area (Å²) in [5.74, 6) is 0.705. The van der Waals surface area contributed by atoms with Crippen molar-refractivity contribution < 1.29 is 14.3 Å². The molecule has 0 unspecified atom stereocenters. The summed E-state index contributed by atoms with van der Waals surface area (Å²) in [4.78, 5) is 11.2. The molecule has 1 atom stereocenters. The molecule has 24 heavy (non-hydrogen) atoms. The minimum Gasteiger partial charge on any atom is -0.480 e. The van der Waals surface area contributed by atoms with Crippen LogP contribution in [0.4, 0.5) is 0 Å². The maximum Gasteiger partial charge on any atom is 0.320 e. The molecule has 0 aliphatic rings. The fourth-order valence-electron chi connectivity index (χ4n) is 2.58. The SMILES string of the molecule is CC(C)[C@@H](NCc1ccc(-c2ccc(C(C)(C)C)cc2)o1)C(=O)O. The zero-order valence-corrected chi connectivity index (χ0v) is 15.1. The van der Waals surface area contributed by atoms with Gasteiger partial charge in [-0.2, -0.15) is 0 Å². The highest BCUT2D eigenvalue weighted by molar-refractivity contribution is 5.73. The molecule has 2 N–H and O–H groups in total. The Morgan fingerprint density at radius 2 is 1.75 bits per heavy atom. The Morgan fingerprint density at radius 3 is 2.25 bits per heavy atom. The highest BCUT2D eigenvalue weighted by Gasteiger charge is 2.21. The average Bonchev–Trinajstić information content (AvgIpc) is 2.95. The van der Waals surface area contributed by atoms with Gasteiger partial charge in [-0.1, -0.05) is 58.9 Å². The van der Waals surface area contributed by atoms with E-state index in [-0.39, 0.29) is 11.3 Å². The van der Waals surface area contributed by atoms with E-state index in [1.54, 1.807) is 0 Å². The average molecular weight is 329 g/mol. The number of rotatable bonds is 6. The van der Waals surface area contributed by atoms with Crippen LogP contribution in [0.15, 0.2) is 40.8 Å². The first-order valence-corrected chi connectivity index (χ1v) is 8.34. The Balaban J connectivity index is 2.06. The van der Waals surface area contributed by atoms with E-state index >= 15 is 0 Å². The maximum atomic E-state index is 11.2. The zero-order valence-electron chi connectivity index (χ0n) is 15.1. The van der Waals surface area contributed by atoms with Crippen LogP contribution >= 0.6 is 0 Å². The Hall–Kier alpha value is -2.07. The van der Waals surface area contributed by atoms with Gasteiger partial charge in [-0.25, -0.2) is 0 Å². The number of carboxylic acid groups (broad SMARTS) is 1. The first kappa shape index (κ1) is 18.3. The molecule has 0 aliphatic carbocycles. The summed E-state index contributed by atoms with van der Waals surface area (Å²) in [5, 5.41) is 12.2. The molecule has 1 aromatic carbocycles. The molecule has 0 fully saturated rings. The van der Waals surface area contributed by atoms with E-state index in [1.807, 2.05) is 26.0 Å². The van der Waals surface area contributed by atoms with Crippen molar-refractivity contribution in [3.8, 4) is 11.3 Å². The van der Waals surface area contributed by atoms with Gasteiger partial charge in [0.05, 0.1) is 6.54 Å². The molecule has 0 bridgehead atoms.